The maximum Gasteiger partial charge on any atom is 0.288 e. The van der Waals surface area contributed by atoms with E-state index in [2.05, 4.69) is 15.4 Å². The van der Waals surface area contributed by atoms with Crippen LogP contribution in [0.1, 0.15) is 10.5 Å². The van der Waals surface area contributed by atoms with Gasteiger partial charge in [-0.15, -0.1) is 11.3 Å². The fraction of sp³-hybridized carbons (Fsp3) is 0. The van der Waals surface area contributed by atoms with Gasteiger partial charge in [0.2, 0.25) is 0 Å². The van der Waals surface area contributed by atoms with Gasteiger partial charge in [-0.2, -0.15) is 0 Å². The molecule has 140 valence electrons. The second kappa shape index (κ2) is 6.96. The van der Waals surface area contributed by atoms with Crippen LogP contribution in [0.2, 0.25) is 0 Å². The first-order valence-corrected chi connectivity index (χ1v) is 9.80. The predicted molar refractivity (Wildman–Crippen MR) is 115 cm³/mol. The molecule has 0 saturated carbocycles. The van der Waals surface area contributed by atoms with Gasteiger partial charge in [-0.1, -0.05) is 54.6 Å². The Morgan fingerprint density at radius 3 is 2.62 bits per heavy atom. The Morgan fingerprint density at radius 1 is 0.966 bits per heavy atom. The molecule has 29 heavy (non-hydrogen) atoms. The minimum absolute atomic E-state index is 0.226. The number of nitrogens with zero attached hydrogens (tertiary/aromatic N) is 3. The summed E-state index contributed by atoms with van der Waals surface area (Å²) in [6, 6.07) is 20.6. The molecule has 7 heteroatoms. The number of aromatic nitrogens is 3. The van der Waals surface area contributed by atoms with E-state index in [-0.39, 0.29) is 11.3 Å². The van der Waals surface area contributed by atoms with Crippen LogP contribution in [0.15, 0.2) is 83.2 Å². The first-order chi connectivity index (χ1) is 14.2. The maximum absolute atomic E-state index is 13.1. The SMILES string of the molecule is O=C(Nn1cnc2scc(-c3ccccc3)c2c1=O)c1ccc2ccccc2n1. The average molecular weight is 398 g/mol. The van der Waals surface area contributed by atoms with Crippen LogP contribution in [0, 0.1) is 0 Å². The number of benzene rings is 2. The summed E-state index contributed by atoms with van der Waals surface area (Å²) in [4.78, 5) is 35.1. The van der Waals surface area contributed by atoms with Gasteiger partial charge >= 0.3 is 0 Å². The highest BCUT2D eigenvalue weighted by Crippen LogP contribution is 2.30. The Morgan fingerprint density at radius 2 is 1.76 bits per heavy atom. The van der Waals surface area contributed by atoms with Gasteiger partial charge in [-0.3, -0.25) is 15.0 Å². The van der Waals surface area contributed by atoms with E-state index in [1.54, 1.807) is 6.07 Å². The highest BCUT2D eigenvalue weighted by molar-refractivity contribution is 7.17. The Bertz CT molecular complexity index is 1420. The van der Waals surface area contributed by atoms with E-state index in [9.17, 15) is 9.59 Å². The molecular formula is C22H14N4O2S. The predicted octanol–water partition coefficient (Wildman–Crippen LogP) is 4.06. The summed E-state index contributed by atoms with van der Waals surface area (Å²) in [5.74, 6) is -0.476. The number of hydrogen-bond donors (Lipinski definition) is 1. The Kier molecular flexibility index (Phi) is 4.14. The molecule has 0 atom stereocenters. The number of pyridine rings is 1. The van der Waals surface area contributed by atoms with E-state index in [0.717, 1.165) is 21.2 Å². The summed E-state index contributed by atoms with van der Waals surface area (Å²) in [6.45, 7) is 0. The van der Waals surface area contributed by atoms with Crippen molar-refractivity contribution in [2.45, 2.75) is 0 Å². The zero-order valence-corrected chi connectivity index (χ0v) is 15.9. The standard InChI is InChI=1S/C22H14N4O2S/c27-20(18-11-10-15-8-4-5-9-17(15)24-18)25-26-13-23-21-19(22(26)28)16(12-29-21)14-6-2-1-3-7-14/h1-13H,(H,25,27). The number of nitrogens with one attached hydrogen (secondary N) is 1. The largest absolute Gasteiger partial charge is 0.288 e. The number of thiophene rings is 1. The van der Waals surface area contributed by atoms with Crippen LogP contribution >= 0.6 is 11.3 Å². The Hall–Kier alpha value is -3.84. The molecule has 0 saturated heterocycles. The number of rotatable bonds is 3. The van der Waals surface area contributed by atoms with Crippen LogP contribution in [0.5, 0.6) is 0 Å². The van der Waals surface area contributed by atoms with E-state index in [0.29, 0.717) is 15.7 Å². The number of carbonyl (C=O) groups is 1. The zero-order valence-electron chi connectivity index (χ0n) is 15.1. The molecule has 0 aliphatic heterocycles. The normalized spacial score (nSPS) is 11.0. The van der Waals surface area contributed by atoms with Crippen LogP contribution in [-0.2, 0) is 0 Å². The highest BCUT2D eigenvalue weighted by Gasteiger charge is 2.15. The summed E-state index contributed by atoms with van der Waals surface area (Å²) < 4.78 is 1.11. The molecular weight excluding hydrogens is 384 g/mol. The van der Waals surface area contributed by atoms with E-state index in [1.165, 1.54) is 17.7 Å². The van der Waals surface area contributed by atoms with E-state index >= 15 is 0 Å². The van der Waals surface area contributed by atoms with E-state index in [1.807, 2.05) is 66.0 Å². The molecule has 0 fully saturated rings. The third-order valence-electron chi connectivity index (χ3n) is 4.63. The minimum atomic E-state index is -0.476. The van der Waals surface area contributed by atoms with Crippen molar-refractivity contribution in [1.29, 1.82) is 0 Å². The molecule has 2 aromatic carbocycles. The van der Waals surface area contributed by atoms with Crippen molar-refractivity contribution in [2.24, 2.45) is 0 Å². The smallest absolute Gasteiger partial charge is 0.267 e. The monoisotopic (exact) mass is 398 g/mol. The van der Waals surface area contributed by atoms with Gasteiger partial charge in [-0.05, 0) is 17.7 Å². The summed E-state index contributed by atoms with van der Waals surface area (Å²) in [5.41, 5.74) is 4.94. The van der Waals surface area contributed by atoms with Crippen LogP contribution in [0.3, 0.4) is 0 Å². The van der Waals surface area contributed by atoms with Gasteiger partial charge in [0, 0.05) is 16.3 Å². The first kappa shape index (κ1) is 17.3. The van der Waals surface area contributed by atoms with Gasteiger partial charge in [0.1, 0.15) is 16.9 Å². The molecule has 3 aromatic heterocycles. The number of amides is 1. The molecule has 0 aliphatic carbocycles. The first-order valence-electron chi connectivity index (χ1n) is 8.92. The van der Waals surface area contributed by atoms with Crippen LogP contribution < -0.4 is 11.0 Å². The van der Waals surface area contributed by atoms with Crippen LogP contribution in [0.25, 0.3) is 32.2 Å². The molecule has 0 aliphatic rings. The molecule has 5 aromatic rings. The molecule has 1 amide bonds. The number of hydrogen-bond acceptors (Lipinski definition) is 5. The van der Waals surface area contributed by atoms with Crippen molar-refractivity contribution < 1.29 is 4.79 Å². The summed E-state index contributed by atoms with van der Waals surface area (Å²) in [6.07, 6.45) is 1.33. The van der Waals surface area contributed by atoms with Crippen molar-refractivity contribution >= 4 is 38.4 Å². The molecule has 3 heterocycles. The highest BCUT2D eigenvalue weighted by atomic mass is 32.1. The van der Waals surface area contributed by atoms with Crippen LogP contribution in [-0.4, -0.2) is 20.6 Å². The lowest BCUT2D eigenvalue weighted by Crippen LogP contribution is -2.33. The van der Waals surface area contributed by atoms with E-state index in [4.69, 9.17) is 0 Å². The third kappa shape index (κ3) is 3.07. The summed E-state index contributed by atoms with van der Waals surface area (Å²) in [7, 11) is 0. The number of para-hydroxylation sites is 1. The molecule has 1 N–H and O–H groups in total. The van der Waals surface area contributed by atoms with Crippen molar-refractivity contribution in [1.82, 2.24) is 14.6 Å². The van der Waals surface area contributed by atoms with Gasteiger partial charge in [-0.25, -0.2) is 14.6 Å². The molecule has 0 radical (unpaired) electrons. The van der Waals surface area contributed by atoms with Crippen molar-refractivity contribution in [3.63, 3.8) is 0 Å². The van der Waals surface area contributed by atoms with E-state index < -0.39 is 5.91 Å². The summed E-state index contributed by atoms with van der Waals surface area (Å²) in [5, 5.41) is 3.33. The lowest BCUT2D eigenvalue weighted by atomic mass is 10.1. The fourth-order valence-corrected chi connectivity index (χ4v) is 4.11. The van der Waals surface area contributed by atoms with Crippen molar-refractivity contribution in [3.05, 3.63) is 94.5 Å². The zero-order chi connectivity index (χ0) is 19.8. The van der Waals surface area contributed by atoms with Crippen LogP contribution in [0.4, 0.5) is 0 Å². The summed E-state index contributed by atoms with van der Waals surface area (Å²) >= 11 is 1.40. The molecule has 0 bridgehead atoms. The molecule has 0 unspecified atom stereocenters. The molecule has 6 nitrogen and oxygen atoms in total. The fourth-order valence-electron chi connectivity index (χ4n) is 3.20. The average Bonchev–Trinajstić information content (AvgIpc) is 3.21. The maximum atomic E-state index is 13.1. The van der Waals surface area contributed by atoms with Crippen molar-refractivity contribution in [2.75, 3.05) is 5.43 Å². The number of fused-ring (bicyclic) bond motifs is 2. The van der Waals surface area contributed by atoms with Gasteiger partial charge < -0.3 is 0 Å². The lowest BCUT2D eigenvalue weighted by molar-refractivity contribution is 0.100. The Balaban J connectivity index is 1.54. The van der Waals surface area contributed by atoms with Gasteiger partial charge in [0.15, 0.2) is 0 Å². The quantitative estimate of drug-likeness (QED) is 0.497. The lowest BCUT2D eigenvalue weighted by Gasteiger charge is -2.08. The molecule has 5 rings (SSSR count). The molecule has 0 spiro atoms. The topological polar surface area (TPSA) is 76.9 Å². The second-order valence-corrected chi connectivity index (χ2v) is 7.30. The Labute approximate surface area is 169 Å². The van der Waals surface area contributed by atoms with Gasteiger partial charge in [0.05, 0.1) is 10.9 Å². The number of carbonyl (C=O) groups excluding carboxylic acids is 1. The second-order valence-electron chi connectivity index (χ2n) is 6.45. The third-order valence-corrected chi connectivity index (χ3v) is 5.52. The van der Waals surface area contributed by atoms with Crippen molar-refractivity contribution in [3.8, 4) is 11.1 Å². The minimum Gasteiger partial charge on any atom is -0.267 e. The van der Waals surface area contributed by atoms with Gasteiger partial charge in [0.25, 0.3) is 11.5 Å².